The summed E-state index contributed by atoms with van der Waals surface area (Å²) in [7, 11) is 1.58. The van der Waals surface area contributed by atoms with Gasteiger partial charge >= 0.3 is 0 Å². The molecule has 0 atom stereocenters. The van der Waals surface area contributed by atoms with E-state index in [0.29, 0.717) is 0 Å². The lowest BCUT2D eigenvalue weighted by Crippen LogP contribution is -2.19. The molecule has 98 valence electrons. The number of carbonyl (C=O) groups excluding carboxylic acids is 2. The third-order valence-corrected chi connectivity index (χ3v) is 3.50. The number of ketones is 1. The summed E-state index contributed by atoms with van der Waals surface area (Å²) in [5.41, 5.74) is 5.10. The summed E-state index contributed by atoms with van der Waals surface area (Å²) in [5, 5.41) is 2.53. The van der Waals surface area contributed by atoms with E-state index in [-0.39, 0.29) is 24.5 Å². The van der Waals surface area contributed by atoms with E-state index in [1.54, 1.807) is 7.05 Å². The van der Waals surface area contributed by atoms with Crippen LogP contribution >= 0.6 is 0 Å². The van der Waals surface area contributed by atoms with Gasteiger partial charge in [0.15, 0.2) is 5.78 Å². The van der Waals surface area contributed by atoms with E-state index < -0.39 is 0 Å². The highest BCUT2D eigenvalue weighted by Crippen LogP contribution is 2.23. The van der Waals surface area contributed by atoms with Crippen LogP contribution in [0.3, 0.4) is 0 Å². The number of nitrogens with one attached hydrogen (secondary N) is 1. The molecule has 0 saturated heterocycles. The number of hydrogen-bond donors (Lipinski definition) is 1. The maximum Gasteiger partial charge on any atom is 0.220 e. The lowest BCUT2D eigenvalue weighted by molar-refractivity contribution is -0.120. The Morgan fingerprint density at radius 2 is 1.50 bits per heavy atom. The lowest BCUT2D eigenvalue weighted by atomic mass is 9.90. The normalized spacial score (nSPS) is 10.3. The second-order valence-corrected chi connectivity index (χ2v) is 4.73. The van der Waals surface area contributed by atoms with E-state index in [0.717, 1.165) is 27.8 Å². The number of hydrogen-bond acceptors (Lipinski definition) is 2. The number of Topliss-reactive ketones (excluding diaryl/α,β-unsaturated/α-hetero) is 1. The SMILES string of the molecule is CNC(=O)CCC(=O)c1c(C)c(C)cc(C)c1C. The predicted molar refractivity (Wildman–Crippen MR) is 73.0 cm³/mol. The second kappa shape index (κ2) is 5.80. The van der Waals surface area contributed by atoms with Gasteiger partial charge in [0.2, 0.25) is 5.91 Å². The number of rotatable bonds is 4. The van der Waals surface area contributed by atoms with Crippen molar-refractivity contribution in [3.8, 4) is 0 Å². The van der Waals surface area contributed by atoms with Crippen molar-refractivity contribution < 1.29 is 9.59 Å². The maximum absolute atomic E-state index is 12.2. The molecule has 0 aliphatic heterocycles. The Balaban J connectivity index is 3.02. The third-order valence-electron chi connectivity index (χ3n) is 3.50. The van der Waals surface area contributed by atoms with Crippen LogP contribution in [0.2, 0.25) is 0 Å². The van der Waals surface area contributed by atoms with Gasteiger partial charge in [0.05, 0.1) is 0 Å². The fourth-order valence-corrected chi connectivity index (χ4v) is 2.11. The summed E-state index contributed by atoms with van der Waals surface area (Å²) in [6.45, 7) is 7.96. The zero-order valence-corrected chi connectivity index (χ0v) is 11.8. The Hall–Kier alpha value is -1.64. The Bertz CT molecular complexity index is 464. The molecule has 0 spiro atoms. The van der Waals surface area contributed by atoms with Gasteiger partial charge in [0, 0.05) is 25.5 Å². The van der Waals surface area contributed by atoms with Gasteiger partial charge in [0.1, 0.15) is 0 Å². The zero-order chi connectivity index (χ0) is 13.9. The number of carbonyl (C=O) groups is 2. The van der Waals surface area contributed by atoms with E-state index in [1.807, 2.05) is 27.7 Å². The molecule has 3 heteroatoms. The minimum absolute atomic E-state index is 0.0559. The Morgan fingerprint density at radius 3 is 1.94 bits per heavy atom. The molecule has 1 rings (SSSR count). The molecule has 0 aliphatic carbocycles. The van der Waals surface area contributed by atoms with Crippen molar-refractivity contribution in [2.75, 3.05) is 7.05 Å². The molecular weight excluding hydrogens is 226 g/mol. The van der Waals surface area contributed by atoms with Gasteiger partial charge in [0.25, 0.3) is 0 Å². The molecular formula is C15H21NO2. The van der Waals surface area contributed by atoms with Crippen LogP contribution in [0, 0.1) is 27.7 Å². The largest absolute Gasteiger partial charge is 0.359 e. The smallest absolute Gasteiger partial charge is 0.220 e. The molecule has 1 aromatic carbocycles. The minimum Gasteiger partial charge on any atom is -0.359 e. The Morgan fingerprint density at radius 1 is 1.00 bits per heavy atom. The van der Waals surface area contributed by atoms with E-state index in [4.69, 9.17) is 0 Å². The lowest BCUT2D eigenvalue weighted by Gasteiger charge is -2.14. The third kappa shape index (κ3) is 2.97. The summed E-state index contributed by atoms with van der Waals surface area (Å²) in [6.07, 6.45) is 0.519. The Labute approximate surface area is 109 Å². The standard InChI is InChI=1S/C15H21NO2/c1-9-8-10(2)12(4)15(11(9)3)13(17)6-7-14(18)16-5/h8H,6-7H2,1-5H3,(H,16,18). The van der Waals surface area contributed by atoms with Crippen molar-refractivity contribution in [2.45, 2.75) is 40.5 Å². The van der Waals surface area contributed by atoms with E-state index in [9.17, 15) is 9.59 Å². The summed E-state index contributed by atoms with van der Waals surface area (Å²) in [5.74, 6) is -0.0385. The molecule has 0 heterocycles. The molecule has 1 aromatic rings. The van der Waals surface area contributed by atoms with Gasteiger partial charge in [-0.2, -0.15) is 0 Å². The van der Waals surface area contributed by atoms with Crippen molar-refractivity contribution >= 4 is 11.7 Å². The van der Waals surface area contributed by atoms with Crippen LogP contribution in [-0.4, -0.2) is 18.7 Å². The molecule has 1 amide bonds. The molecule has 0 fully saturated rings. The molecule has 0 bridgehead atoms. The molecule has 0 aromatic heterocycles. The summed E-state index contributed by atoms with van der Waals surface area (Å²) in [6, 6.07) is 2.10. The van der Waals surface area contributed by atoms with Crippen molar-refractivity contribution in [3.05, 3.63) is 33.9 Å². The van der Waals surface area contributed by atoms with Crippen LogP contribution in [0.25, 0.3) is 0 Å². The summed E-state index contributed by atoms with van der Waals surface area (Å²) >= 11 is 0. The molecule has 18 heavy (non-hydrogen) atoms. The second-order valence-electron chi connectivity index (χ2n) is 4.73. The number of benzene rings is 1. The van der Waals surface area contributed by atoms with Gasteiger partial charge in [-0.1, -0.05) is 6.07 Å². The van der Waals surface area contributed by atoms with Gasteiger partial charge in [-0.25, -0.2) is 0 Å². The van der Waals surface area contributed by atoms with E-state index >= 15 is 0 Å². The number of amides is 1. The van der Waals surface area contributed by atoms with Crippen LogP contribution in [0.1, 0.15) is 45.5 Å². The molecule has 1 N–H and O–H groups in total. The molecule has 0 radical (unpaired) electrons. The van der Waals surface area contributed by atoms with Crippen LogP contribution in [0.4, 0.5) is 0 Å². The van der Waals surface area contributed by atoms with Crippen LogP contribution in [0.5, 0.6) is 0 Å². The van der Waals surface area contributed by atoms with Gasteiger partial charge in [-0.3, -0.25) is 9.59 Å². The average Bonchev–Trinajstić information content (AvgIpc) is 2.33. The molecule has 0 aliphatic rings. The minimum atomic E-state index is -0.0944. The van der Waals surface area contributed by atoms with E-state index in [1.165, 1.54) is 0 Å². The maximum atomic E-state index is 12.2. The fraction of sp³-hybridized carbons (Fsp3) is 0.467. The van der Waals surface area contributed by atoms with Gasteiger partial charge in [-0.05, 0) is 49.9 Å². The molecule has 0 saturated carbocycles. The Kier molecular flexibility index (Phi) is 4.65. The first-order valence-electron chi connectivity index (χ1n) is 6.19. The van der Waals surface area contributed by atoms with Crippen molar-refractivity contribution in [1.82, 2.24) is 5.32 Å². The van der Waals surface area contributed by atoms with Gasteiger partial charge < -0.3 is 5.32 Å². The van der Waals surface area contributed by atoms with Crippen LogP contribution in [-0.2, 0) is 4.79 Å². The monoisotopic (exact) mass is 247 g/mol. The highest BCUT2D eigenvalue weighted by Gasteiger charge is 2.16. The topological polar surface area (TPSA) is 46.2 Å². The number of aryl methyl sites for hydroxylation is 2. The molecule has 0 unspecified atom stereocenters. The van der Waals surface area contributed by atoms with Crippen LogP contribution < -0.4 is 5.32 Å². The highest BCUT2D eigenvalue weighted by atomic mass is 16.2. The average molecular weight is 247 g/mol. The molecule has 3 nitrogen and oxygen atoms in total. The first kappa shape index (κ1) is 14.4. The first-order valence-corrected chi connectivity index (χ1v) is 6.19. The highest BCUT2D eigenvalue weighted by molar-refractivity contribution is 6.00. The quantitative estimate of drug-likeness (QED) is 0.831. The fourth-order valence-electron chi connectivity index (χ4n) is 2.11. The van der Waals surface area contributed by atoms with E-state index in [2.05, 4.69) is 11.4 Å². The summed E-state index contributed by atoms with van der Waals surface area (Å²) in [4.78, 5) is 23.4. The zero-order valence-electron chi connectivity index (χ0n) is 11.8. The predicted octanol–water partition coefficient (Wildman–Crippen LogP) is 2.63. The van der Waals surface area contributed by atoms with Gasteiger partial charge in [-0.15, -0.1) is 0 Å². The summed E-state index contributed by atoms with van der Waals surface area (Å²) < 4.78 is 0. The van der Waals surface area contributed by atoms with Crippen molar-refractivity contribution in [1.29, 1.82) is 0 Å². The first-order chi connectivity index (χ1) is 8.38. The van der Waals surface area contributed by atoms with Crippen LogP contribution in [0.15, 0.2) is 6.07 Å². The van der Waals surface area contributed by atoms with Crippen molar-refractivity contribution in [2.24, 2.45) is 0 Å². The van der Waals surface area contributed by atoms with Crippen molar-refractivity contribution in [3.63, 3.8) is 0 Å².